The molecule has 19 heavy (non-hydrogen) atoms. The van der Waals surface area contributed by atoms with Gasteiger partial charge in [0, 0.05) is 36.4 Å². The quantitative estimate of drug-likeness (QED) is 0.818. The number of fused-ring (bicyclic) bond motifs is 3. The second kappa shape index (κ2) is 5.93. The summed E-state index contributed by atoms with van der Waals surface area (Å²) in [4.78, 5) is 0. The SMILES string of the molecule is OCCCCC1Nc2ccccc2[C@H]2OCCC[C@@H]12. The largest absolute Gasteiger partial charge is 0.396 e. The van der Waals surface area contributed by atoms with E-state index in [4.69, 9.17) is 9.84 Å². The van der Waals surface area contributed by atoms with Crippen LogP contribution in [0.1, 0.15) is 43.8 Å². The summed E-state index contributed by atoms with van der Waals surface area (Å²) >= 11 is 0. The number of para-hydroxylation sites is 1. The maximum Gasteiger partial charge on any atom is 0.0892 e. The third kappa shape index (κ3) is 2.63. The topological polar surface area (TPSA) is 41.5 Å². The van der Waals surface area contributed by atoms with E-state index in [9.17, 15) is 0 Å². The normalized spacial score (nSPS) is 29.2. The van der Waals surface area contributed by atoms with E-state index >= 15 is 0 Å². The van der Waals surface area contributed by atoms with Crippen molar-refractivity contribution >= 4 is 5.69 Å². The van der Waals surface area contributed by atoms with Gasteiger partial charge in [0.15, 0.2) is 0 Å². The summed E-state index contributed by atoms with van der Waals surface area (Å²) in [6.07, 6.45) is 5.79. The molecule has 104 valence electrons. The first-order valence-corrected chi connectivity index (χ1v) is 7.48. The number of aliphatic hydroxyl groups is 1. The number of anilines is 1. The smallest absolute Gasteiger partial charge is 0.0892 e. The Bertz CT molecular complexity index is 421. The zero-order chi connectivity index (χ0) is 13.1. The van der Waals surface area contributed by atoms with Crippen molar-refractivity contribution in [2.75, 3.05) is 18.5 Å². The molecule has 3 nitrogen and oxygen atoms in total. The minimum Gasteiger partial charge on any atom is -0.396 e. The van der Waals surface area contributed by atoms with Crippen molar-refractivity contribution in [3.63, 3.8) is 0 Å². The van der Waals surface area contributed by atoms with Crippen LogP contribution in [-0.4, -0.2) is 24.4 Å². The first-order valence-electron chi connectivity index (χ1n) is 7.48. The molecule has 2 heterocycles. The van der Waals surface area contributed by atoms with Gasteiger partial charge in [-0.15, -0.1) is 0 Å². The minimum absolute atomic E-state index is 0.269. The summed E-state index contributed by atoms with van der Waals surface area (Å²) in [6, 6.07) is 9.02. The maximum absolute atomic E-state index is 8.94. The van der Waals surface area contributed by atoms with Crippen molar-refractivity contribution in [1.82, 2.24) is 0 Å². The van der Waals surface area contributed by atoms with Gasteiger partial charge in [-0.05, 0) is 38.2 Å². The van der Waals surface area contributed by atoms with Crippen LogP contribution in [0.4, 0.5) is 5.69 Å². The predicted octanol–water partition coefficient (Wildman–Crippen LogP) is 3.11. The van der Waals surface area contributed by atoms with Gasteiger partial charge < -0.3 is 15.2 Å². The van der Waals surface area contributed by atoms with Crippen LogP contribution in [0.2, 0.25) is 0 Å². The lowest BCUT2D eigenvalue weighted by Gasteiger charge is -2.43. The average molecular weight is 261 g/mol. The Labute approximate surface area is 115 Å². The summed E-state index contributed by atoms with van der Waals surface area (Å²) in [5, 5.41) is 12.6. The second-order valence-corrected chi connectivity index (χ2v) is 5.65. The molecule has 1 saturated heterocycles. The van der Waals surface area contributed by atoms with Crippen LogP contribution in [0.15, 0.2) is 24.3 Å². The molecule has 0 amide bonds. The summed E-state index contributed by atoms with van der Waals surface area (Å²) < 4.78 is 6.06. The zero-order valence-electron chi connectivity index (χ0n) is 11.3. The van der Waals surface area contributed by atoms with E-state index in [0.717, 1.165) is 25.9 Å². The fourth-order valence-electron chi connectivity index (χ4n) is 3.48. The number of benzene rings is 1. The molecule has 1 aromatic rings. The van der Waals surface area contributed by atoms with Crippen molar-refractivity contribution in [2.45, 2.75) is 44.2 Å². The summed E-state index contributed by atoms with van der Waals surface area (Å²) in [5.74, 6) is 0.586. The van der Waals surface area contributed by atoms with Gasteiger partial charge in [0.25, 0.3) is 0 Å². The van der Waals surface area contributed by atoms with Crippen molar-refractivity contribution < 1.29 is 9.84 Å². The molecular formula is C16H23NO2. The van der Waals surface area contributed by atoms with Crippen molar-refractivity contribution in [3.05, 3.63) is 29.8 Å². The lowest BCUT2D eigenvalue weighted by Crippen LogP contribution is -2.41. The number of hydrogen-bond donors (Lipinski definition) is 2. The number of hydrogen-bond acceptors (Lipinski definition) is 3. The highest BCUT2D eigenvalue weighted by Gasteiger charge is 2.38. The predicted molar refractivity (Wildman–Crippen MR) is 76.2 cm³/mol. The van der Waals surface area contributed by atoms with Gasteiger partial charge in [0.05, 0.1) is 6.10 Å². The minimum atomic E-state index is 0.269. The summed E-state index contributed by atoms with van der Waals surface area (Å²) in [6.45, 7) is 1.19. The van der Waals surface area contributed by atoms with Crippen LogP contribution in [-0.2, 0) is 4.74 Å². The molecule has 0 radical (unpaired) electrons. The van der Waals surface area contributed by atoms with Gasteiger partial charge >= 0.3 is 0 Å². The summed E-state index contributed by atoms with van der Waals surface area (Å²) in [7, 11) is 0. The highest BCUT2D eigenvalue weighted by Crippen LogP contribution is 2.44. The van der Waals surface area contributed by atoms with Crippen LogP contribution >= 0.6 is 0 Å². The molecule has 1 fully saturated rings. The molecule has 0 spiro atoms. The van der Waals surface area contributed by atoms with Crippen molar-refractivity contribution in [2.24, 2.45) is 5.92 Å². The van der Waals surface area contributed by atoms with E-state index in [0.29, 0.717) is 18.6 Å². The molecule has 1 unspecified atom stereocenters. The molecular weight excluding hydrogens is 238 g/mol. The highest BCUT2D eigenvalue weighted by molar-refractivity contribution is 5.55. The standard InChI is InChI=1S/C16H23NO2/c18-10-4-3-9-15-13-7-5-11-19-16(13)12-6-1-2-8-14(12)17-15/h1-2,6,8,13,15-18H,3-5,7,9-11H2/t13-,15?,16+/m0/s1. The Morgan fingerprint density at radius 1 is 1.26 bits per heavy atom. The molecule has 3 heteroatoms. The highest BCUT2D eigenvalue weighted by atomic mass is 16.5. The number of nitrogens with one attached hydrogen (secondary N) is 1. The first-order chi connectivity index (χ1) is 9.40. The third-order valence-electron chi connectivity index (χ3n) is 4.42. The molecule has 2 aliphatic rings. The van der Waals surface area contributed by atoms with E-state index < -0.39 is 0 Å². The first kappa shape index (κ1) is 12.9. The number of unbranched alkanes of at least 4 members (excludes halogenated alkanes) is 1. The number of rotatable bonds is 4. The van der Waals surface area contributed by atoms with Gasteiger partial charge in [-0.2, -0.15) is 0 Å². The Morgan fingerprint density at radius 2 is 2.16 bits per heavy atom. The van der Waals surface area contributed by atoms with Crippen LogP contribution in [0.5, 0.6) is 0 Å². The lowest BCUT2D eigenvalue weighted by atomic mass is 9.78. The van der Waals surface area contributed by atoms with Gasteiger partial charge in [-0.1, -0.05) is 18.2 Å². The second-order valence-electron chi connectivity index (χ2n) is 5.65. The van der Waals surface area contributed by atoms with E-state index in [1.807, 2.05) is 0 Å². The fraction of sp³-hybridized carbons (Fsp3) is 0.625. The monoisotopic (exact) mass is 261 g/mol. The summed E-state index contributed by atoms with van der Waals surface area (Å²) in [5.41, 5.74) is 2.56. The van der Waals surface area contributed by atoms with E-state index in [1.54, 1.807) is 0 Å². The van der Waals surface area contributed by atoms with Crippen LogP contribution in [0.25, 0.3) is 0 Å². The zero-order valence-corrected chi connectivity index (χ0v) is 11.3. The molecule has 2 N–H and O–H groups in total. The van der Waals surface area contributed by atoms with Gasteiger partial charge in [0.2, 0.25) is 0 Å². The lowest BCUT2D eigenvalue weighted by molar-refractivity contribution is -0.0387. The molecule has 2 aliphatic heterocycles. The van der Waals surface area contributed by atoms with Crippen molar-refractivity contribution in [1.29, 1.82) is 0 Å². The van der Waals surface area contributed by atoms with Crippen LogP contribution in [0, 0.1) is 5.92 Å². The number of aliphatic hydroxyl groups excluding tert-OH is 1. The van der Waals surface area contributed by atoms with Gasteiger partial charge in [-0.25, -0.2) is 0 Å². The third-order valence-corrected chi connectivity index (χ3v) is 4.42. The molecule has 0 aliphatic carbocycles. The molecule has 3 atom stereocenters. The van der Waals surface area contributed by atoms with Crippen LogP contribution < -0.4 is 5.32 Å². The van der Waals surface area contributed by atoms with E-state index in [2.05, 4.69) is 29.6 Å². The average Bonchev–Trinajstić information content (AvgIpc) is 2.47. The Hall–Kier alpha value is -1.06. The van der Waals surface area contributed by atoms with Crippen LogP contribution in [0.3, 0.4) is 0 Å². The van der Waals surface area contributed by atoms with E-state index in [-0.39, 0.29) is 6.10 Å². The van der Waals surface area contributed by atoms with Gasteiger partial charge in [0.1, 0.15) is 0 Å². The van der Waals surface area contributed by atoms with E-state index in [1.165, 1.54) is 24.1 Å². The Morgan fingerprint density at radius 3 is 3.05 bits per heavy atom. The molecule has 0 aromatic heterocycles. The van der Waals surface area contributed by atoms with Gasteiger partial charge in [-0.3, -0.25) is 0 Å². The maximum atomic E-state index is 8.94. The Kier molecular flexibility index (Phi) is 4.04. The molecule has 1 aromatic carbocycles. The molecule has 3 rings (SSSR count). The fourth-order valence-corrected chi connectivity index (χ4v) is 3.48. The molecule has 0 saturated carbocycles. The number of ether oxygens (including phenoxy) is 1. The Balaban J connectivity index is 1.79. The van der Waals surface area contributed by atoms with Crippen molar-refractivity contribution in [3.8, 4) is 0 Å². The molecule has 0 bridgehead atoms.